The summed E-state index contributed by atoms with van der Waals surface area (Å²) in [5, 5.41) is 11.4. The van der Waals surface area contributed by atoms with Gasteiger partial charge in [-0.1, -0.05) is 0 Å². The summed E-state index contributed by atoms with van der Waals surface area (Å²) in [7, 11) is 0. The lowest BCUT2D eigenvalue weighted by atomic mass is 10.0. The van der Waals surface area contributed by atoms with E-state index in [1.807, 2.05) is 0 Å². The van der Waals surface area contributed by atoms with Gasteiger partial charge in [-0.3, -0.25) is 9.59 Å². The molecule has 1 aromatic rings. The Labute approximate surface area is 127 Å². The lowest BCUT2D eigenvalue weighted by Gasteiger charge is -2.17. The first-order valence-corrected chi connectivity index (χ1v) is 6.91. The first-order valence-electron chi connectivity index (χ1n) is 6.91. The number of hydrogen-bond donors (Lipinski definition) is 2. The standard InChI is InChI=1S/C15H19F2NO4/c1-9(15(20)21)10(2)18-14(19)4-3-7-22-13-6-5-11(16)8-12(13)17/h5-6,8-10H,3-4,7H2,1-2H3,(H,18,19)(H,20,21). The minimum Gasteiger partial charge on any atom is -0.491 e. The van der Waals surface area contributed by atoms with Crippen molar-refractivity contribution in [1.29, 1.82) is 0 Å². The maximum atomic E-state index is 13.3. The average Bonchev–Trinajstić information content (AvgIpc) is 2.44. The second-order valence-corrected chi connectivity index (χ2v) is 5.01. The molecule has 0 aliphatic carbocycles. The Morgan fingerprint density at radius 2 is 2.00 bits per heavy atom. The highest BCUT2D eigenvalue weighted by molar-refractivity contribution is 5.77. The summed E-state index contributed by atoms with van der Waals surface area (Å²) in [6, 6.07) is 2.50. The van der Waals surface area contributed by atoms with E-state index in [2.05, 4.69) is 5.32 Å². The summed E-state index contributed by atoms with van der Waals surface area (Å²) in [4.78, 5) is 22.4. The zero-order chi connectivity index (χ0) is 16.7. The summed E-state index contributed by atoms with van der Waals surface area (Å²) in [6.07, 6.45) is 0.455. The van der Waals surface area contributed by atoms with E-state index < -0.39 is 29.6 Å². The molecule has 0 radical (unpaired) electrons. The van der Waals surface area contributed by atoms with Crippen molar-refractivity contribution < 1.29 is 28.2 Å². The van der Waals surface area contributed by atoms with Gasteiger partial charge in [0.25, 0.3) is 0 Å². The number of halogens is 2. The molecule has 22 heavy (non-hydrogen) atoms. The Morgan fingerprint density at radius 3 is 2.59 bits per heavy atom. The van der Waals surface area contributed by atoms with Crippen LogP contribution >= 0.6 is 0 Å². The van der Waals surface area contributed by atoms with Crippen LogP contribution in [-0.2, 0) is 9.59 Å². The summed E-state index contributed by atoms with van der Waals surface area (Å²) in [5.74, 6) is -3.53. The van der Waals surface area contributed by atoms with Crippen LogP contribution in [0.4, 0.5) is 8.78 Å². The van der Waals surface area contributed by atoms with Crippen LogP contribution in [0.3, 0.4) is 0 Å². The van der Waals surface area contributed by atoms with Gasteiger partial charge in [0.15, 0.2) is 11.6 Å². The minimum absolute atomic E-state index is 0.0744. The zero-order valence-corrected chi connectivity index (χ0v) is 12.4. The van der Waals surface area contributed by atoms with E-state index in [9.17, 15) is 18.4 Å². The van der Waals surface area contributed by atoms with Crippen LogP contribution in [0.5, 0.6) is 5.75 Å². The third kappa shape index (κ3) is 5.67. The van der Waals surface area contributed by atoms with Gasteiger partial charge in [0.05, 0.1) is 12.5 Å². The largest absolute Gasteiger partial charge is 0.491 e. The molecule has 122 valence electrons. The van der Waals surface area contributed by atoms with E-state index in [4.69, 9.17) is 9.84 Å². The number of aliphatic carboxylic acids is 1. The van der Waals surface area contributed by atoms with Gasteiger partial charge in [-0.05, 0) is 32.4 Å². The maximum absolute atomic E-state index is 13.3. The molecule has 7 heteroatoms. The molecular weight excluding hydrogens is 296 g/mol. The summed E-state index contributed by atoms with van der Waals surface area (Å²) < 4.78 is 31.1. The summed E-state index contributed by atoms with van der Waals surface area (Å²) in [6.45, 7) is 3.22. The molecule has 1 rings (SSSR count). The summed E-state index contributed by atoms with van der Waals surface area (Å²) in [5.41, 5.74) is 0. The molecule has 0 saturated heterocycles. The molecule has 0 bridgehead atoms. The predicted molar refractivity (Wildman–Crippen MR) is 75.5 cm³/mol. The smallest absolute Gasteiger partial charge is 0.308 e. The van der Waals surface area contributed by atoms with Crippen LogP contribution in [0.1, 0.15) is 26.7 Å². The molecule has 5 nitrogen and oxygen atoms in total. The molecule has 0 fully saturated rings. The van der Waals surface area contributed by atoms with Gasteiger partial charge in [-0.2, -0.15) is 0 Å². The Balaban J connectivity index is 2.29. The van der Waals surface area contributed by atoms with Crippen LogP contribution in [0.25, 0.3) is 0 Å². The molecule has 2 N–H and O–H groups in total. The molecule has 2 atom stereocenters. The van der Waals surface area contributed by atoms with E-state index in [0.29, 0.717) is 6.42 Å². The molecule has 1 aromatic carbocycles. The number of carboxylic acids is 1. The van der Waals surface area contributed by atoms with Crippen molar-refractivity contribution in [2.24, 2.45) is 5.92 Å². The van der Waals surface area contributed by atoms with Gasteiger partial charge in [-0.25, -0.2) is 8.78 Å². The number of rotatable bonds is 8. The Morgan fingerprint density at radius 1 is 1.32 bits per heavy atom. The van der Waals surface area contributed by atoms with E-state index in [-0.39, 0.29) is 24.7 Å². The molecular formula is C15H19F2NO4. The van der Waals surface area contributed by atoms with Crippen molar-refractivity contribution in [2.45, 2.75) is 32.7 Å². The molecule has 2 unspecified atom stereocenters. The third-order valence-electron chi connectivity index (χ3n) is 3.23. The number of carboxylic acid groups (broad SMARTS) is 1. The van der Waals surface area contributed by atoms with Crippen molar-refractivity contribution in [3.8, 4) is 5.75 Å². The first-order chi connectivity index (χ1) is 10.3. The van der Waals surface area contributed by atoms with Crippen molar-refractivity contribution in [2.75, 3.05) is 6.61 Å². The summed E-state index contributed by atoms with van der Waals surface area (Å²) >= 11 is 0. The zero-order valence-electron chi connectivity index (χ0n) is 12.4. The van der Waals surface area contributed by atoms with Crippen molar-refractivity contribution in [3.05, 3.63) is 29.8 Å². The average molecular weight is 315 g/mol. The van der Waals surface area contributed by atoms with Gasteiger partial charge in [0.2, 0.25) is 5.91 Å². The van der Waals surface area contributed by atoms with Crippen LogP contribution in [0.2, 0.25) is 0 Å². The predicted octanol–water partition coefficient (Wildman–Crippen LogP) is 2.35. The molecule has 0 aliphatic heterocycles. The number of benzene rings is 1. The van der Waals surface area contributed by atoms with Crippen LogP contribution < -0.4 is 10.1 Å². The molecule has 0 spiro atoms. The monoisotopic (exact) mass is 315 g/mol. The second kappa shape index (κ2) is 8.31. The quantitative estimate of drug-likeness (QED) is 0.722. The van der Waals surface area contributed by atoms with Crippen molar-refractivity contribution in [1.82, 2.24) is 5.32 Å². The Kier molecular flexibility index (Phi) is 6.75. The van der Waals surface area contributed by atoms with E-state index >= 15 is 0 Å². The van der Waals surface area contributed by atoms with Crippen LogP contribution in [0.15, 0.2) is 18.2 Å². The van der Waals surface area contributed by atoms with E-state index in [1.54, 1.807) is 6.92 Å². The fraction of sp³-hybridized carbons (Fsp3) is 0.467. The van der Waals surface area contributed by atoms with Crippen LogP contribution in [-0.4, -0.2) is 29.6 Å². The van der Waals surface area contributed by atoms with Gasteiger partial charge in [0, 0.05) is 18.5 Å². The van der Waals surface area contributed by atoms with Gasteiger partial charge >= 0.3 is 5.97 Å². The van der Waals surface area contributed by atoms with E-state index in [1.165, 1.54) is 13.0 Å². The highest BCUT2D eigenvalue weighted by atomic mass is 19.1. The highest BCUT2D eigenvalue weighted by Crippen LogP contribution is 2.17. The Bertz CT molecular complexity index is 536. The van der Waals surface area contributed by atoms with Crippen LogP contribution in [0, 0.1) is 17.6 Å². The normalized spacial score (nSPS) is 13.3. The number of ether oxygens (including phenoxy) is 1. The fourth-order valence-electron chi connectivity index (χ4n) is 1.67. The van der Waals surface area contributed by atoms with Gasteiger partial charge < -0.3 is 15.2 Å². The molecule has 0 heterocycles. The third-order valence-corrected chi connectivity index (χ3v) is 3.23. The SMILES string of the molecule is CC(NC(=O)CCCOc1ccc(F)cc1F)C(C)C(=O)O. The Hall–Kier alpha value is -2.18. The highest BCUT2D eigenvalue weighted by Gasteiger charge is 2.20. The van der Waals surface area contributed by atoms with Crippen molar-refractivity contribution in [3.63, 3.8) is 0 Å². The number of amides is 1. The molecule has 0 aliphatic rings. The molecule has 0 saturated carbocycles. The topological polar surface area (TPSA) is 75.6 Å². The van der Waals surface area contributed by atoms with Crippen molar-refractivity contribution >= 4 is 11.9 Å². The lowest BCUT2D eigenvalue weighted by Crippen LogP contribution is -2.40. The number of hydrogen-bond acceptors (Lipinski definition) is 3. The minimum atomic E-state index is -0.983. The molecule has 0 aromatic heterocycles. The van der Waals surface area contributed by atoms with E-state index in [0.717, 1.165) is 12.1 Å². The fourth-order valence-corrected chi connectivity index (χ4v) is 1.67. The lowest BCUT2D eigenvalue weighted by molar-refractivity contribution is -0.142. The first kappa shape index (κ1) is 17.9. The number of nitrogens with one attached hydrogen (secondary N) is 1. The molecule has 1 amide bonds. The van der Waals surface area contributed by atoms with Gasteiger partial charge in [-0.15, -0.1) is 0 Å². The second-order valence-electron chi connectivity index (χ2n) is 5.01. The number of carbonyl (C=O) groups excluding carboxylic acids is 1. The number of carbonyl (C=O) groups is 2. The maximum Gasteiger partial charge on any atom is 0.308 e. The van der Waals surface area contributed by atoms with Gasteiger partial charge in [0.1, 0.15) is 5.82 Å².